The molecule has 4 aliphatic heterocycles. The van der Waals surface area contributed by atoms with Crippen molar-refractivity contribution >= 4 is 0 Å². The molecular weight excluding hydrogens is 357 g/mol. The lowest BCUT2D eigenvalue weighted by atomic mass is 9.57. The van der Waals surface area contributed by atoms with Crippen LogP contribution in [0.25, 0.3) is 0 Å². The zero-order valence-corrected chi connectivity index (χ0v) is 15.0. The predicted molar refractivity (Wildman–Crippen MR) is 80.3 cm³/mol. The van der Waals surface area contributed by atoms with Crippen LogP contribution in [0, 0.1) is 17.8 Å². The zero-order valence-electron chi connectivity index (χ0n) is 15.0. The smallest absolute Gasteiger partial charge is 0.384 e. The van der Waals surface area contributed by atoms with Crippen LogP contribution < -0.4 is 0 Å². The average molecular weight is 382 g/mol. The molecule has 6 nitrogen and oxygen atoms in total. The summed E-state index contributed by atoms with van der Waals surface area (Å²) in [4.78, 5) is 11.4. The molecule has 1 aliphatic carbocycles. The maximum atomic E-state index is 12.6. The number of alkyl halides is 3. The van der Waals surface area contributed by atoms with Gasteiger partial charge in [-0.15, -0.1) is 0 Å². The van der Waals surface area contributed by atoms with E-state index in [0.717, 1.165) is 12.8 Å². The summed E-state index contributed by atoms with van der Waals surface area (Å²) in [5.74, 6) is -1.27. The molecule has 1 N–H and O–H groups in total. The van der Waals surface area contributed by atoms with Crippen LogP contribution in [0.3, 0.4) is 0 Å². The van der Waals surface area contributed by atoms with E-state index in [0.29, 0.717) is 12.8 Å². The quantitative estimate of drug-likeness (QED) is 0.741. The highest BCUT2D eigenvalue weighted by atomic mass is 19.4. The molecule has 1 unspecified atom stereocenters. The predicted octanol–water partition coefficient (Wildman–Crippen LogP) is 2.89. The van der Waals surface area contributed by atoms with E-state index in [1.54, 1.807) is 6.92 Å². The van der Waals surface area contributed by atoms with Gasteiger partial charge in [-0.3, -0.25) is 0 Å². The van der Waals surface area contributed by atoms with E-state index < -0.39 is 48.3 Å². The van der Waals surface area contributed by atoms with Crippen LogP contribution in [0.4, 0.5) is 13.2 Å². The first-order valence-corrected chi connectivity index (χ1v) is 9.09. The second kappa shape index (κ2) is 5.78. The molecule has 9 heteroatoms. The van der Waals surface area contributed by atoms with Crippen LogP contribution >= 0.6 is 0 Å². The lowest BCUT2D eigenvalue weighted by molar-refractivity contribution is -0.584. The van der Waals surface area contributed by atoms with Crippen molar-refractivity contribution in [1.82, 2.24) is 0 Å². The lowest BCUT2D eigenvalue weighted by Gasteiger charge is -2.62. The van der Waals surface area contributed by atoms with E-state index in [2.05, 4.69) is 6.92 Å². The van der Waals surface area contributed by atoms with Gasteiger partial charge in [0.15, 0.2) is 18.2 Å². The van der Waals surface area contributed by atoms with Crippen LogP contribution in [0.5, 0.6) is 0 Å². The molecule has 0 aromatic carbocycles. The third-order valence-electron chi connectivity index (χ3n) is 6.55. The average Bonchev–Trinajstić information content (AvgIpc) is 2.75. The third kappa shape index (κ3) is 2.70. The van der Waals surface area contributed by atoms with Crippen molar-refractivity contribution in [2.45, 2.75) is 82.2 Å². The Bertz CT molecular complexity index is 569. The van der Waals surface area contributed by atoms with Gasteiger partial charge >= 0.3 is 6.18 Å². The zero-order chi connectivity index (χ0) is 19.0. The highest BCUT2D eigenvalue weighted by molar-refractivity contribution is 5.13. The molecule has 1 saturated carbocycles. The molecule has 26 heavy (non-hydrogen) atoms. The minimum atomic E-state index is -4.52. The molecule has 1 spiro atoms. The first-order chi connectivity index (χ1) is 12.0. The second-order valence-electron chi connectivity index (χ2n) is 8.48. The summed E-state index contributed by atoms with van der Waals surface area (Å²) < 4.78 is 54.6. The summed E-state index contributed by atoms with van der Waals surface area (Å²) in [7, 11) is 0. The van der Waals surface area contributed by atoms with Gasteiger partial charge in [0.25, 0.3) is 0 Å². The van der Waals surface area contributed by atoms with Crippen LogP contribution in [0.1, 0.15) is 46.5 Å². The summed E-state index contributed by atoms with van der Waals surface area (Å²) in [6.45, 7) is 3.77. The van der Waals surface area contributed by atoms with E-state index in [1.165, 1.54) is 6.92 Å². The number of rotatable bonds is 2. The standard InChI is InChI=1S/C17H25F3O6/c1-9-4-5-11-15(3,21)12(22-8-16(18,19)20)23-13-17(11)10(9)6-7-14(2,24-13)25-26-17/h9-13,21H,4-8H2,1-3H3/t9-,10+,11+,12?,13-,14-,15+,17-/m1/s1. The number of ether oxygens (including phenoxy) is 3. The molecule has 4 heterocycles. The van der Waals surface area contributed by atoms with Gasteiger partial charge in [0.2, 0.25) is 5.79 Å². The minimum Gasteiger partial charge on any atom is -0.384 e. The Labute approximate surface area is 149 Å². The first-order valence-electron chi connectivity index (χ1n) is 9.09. The van der Waals surface area contributed by atoms with Crippen molar-refractivity contribution in [1.29, 1.82) is 0 Å². The van der Waals surface area contributed by atoms with Gasteiger partial charge in [0, 0.05) is 12.3 Å². The molecule has 8 atom stereocenters. The first kappa shape index (κ1) is 18.9. The lowest BCUT2D eigenvalue weighted by Crippen LogP contribution is -2.75. The van der Waals surface area contributed by atoms with Gasteiger partial charge in [-0.2, -0.15) is 13.2 Å². The molecule has 150 valence electrons. The van der Waals surface area contributed by atoms with Gasteiger partial charge in [0.05, 0.1) is 0 Å². The molecular formula is C17H25F3O6. The Morgan fingerprint density at radius 3 is 2.58 bits per heavy atom. The molecule has 0 radical (unpaired) electrons. The molecule has 2 bridgehead atoms. The monoisotopic (exact) mass is 382 g/mol. The molecule has 5 aliphatic rings. The maximum absolute atomic E-state index is 12.6. The molecule has 5 fully saturated rings. The van der Waals surface area contributed by atoms with E-state index in [1.807, 2.05) is 0 Å². The summed E-state index contributed by atoms with van der Waals surface area (Å²) in [6.07, 6.45) is -4.23. The number of fused-ring (bicyclic) bond motifs is 2. The third-order valence-corrected chi connectivity index (χ3v) is 6.55. The van der Waals surface area contributed by atoms with Crippen LogP contribution in [0.2, 0.25) is 0 Å². The number of aliphatic hydroxyl groups is 1. The van der Waals surface area contributed by atoms with Crippen molar-refractivity contribution in [3.8, 4) is 0 Å². The van der Waals surface area contributed by atoms with Crippen molar-refractivity contribution in [2.75, 3.05) is 6.61 Å². The van der Waals surface area contributed by atoms with Crippen molar-refractivity contribution in [3.05, 3.63) is 0 Å². The fourth-order valence-electron chi connectivity index (χ4n) is 5.26. The van der Waals surface area contributed by atoms with E-state index in [4.69, 9.17) is 24.0 Å². The largest absolute Gasteiger partial charge is 0.411 e. The van der Waals surface area contributed by atoms with Gasteiger partial charge in [-0.05, 0) is 44.9 Å². The fraction of sp³-hybridized carbons (Fsp3) is 1.00. The van der Waals surface area contributed by atoms with Crippen molar-refractivity contribution in [2.24, 2.45) is 17.8 Å². The normalized spacial score (nSPS) is 53.9. The summed E-state index contributed by atoms with van der Waals surface area (Å²) in [5.41, 5.74) is -2.74. The number of halogens is 3. The summed E-state index contributed by atoms with van der Waals surface area (Å²) in [5, 5.41) is 11.1. The molecule has 5 rings (SSSR count). The summed E-state index contributed by atoms with van der Waals surface area (Å²) >= 11 is 0. The Hall–Kier alpha value is -0.450. The minimum absolute atomic E-state index is 0.00520. The number of hydrogen-bond acceptors (Lipinski definition) is 6. The Morgan fingerprint density at radius 1 is 1.15 bits per heavy atom. The van der Waals surface area contributed by atoms with Crippen LogP contribution in [-0.4, -0.2) is 47.5 Å². The van der Waals surface area contributed by atoms with Gasteiger partial charge < -0.3 is 19.3 Å². The van der Waals surface area contributed by atoms with Crippen molar-refractivity contribution in [3.63, 3.8) is 0 Å². The molecule has 0 aromatic heterocycles. The van der Waals surface area contributed by atoms with Crippen molar-refractivity contribution < 1.29 is 42.3 Å². The topological polar surface area (TPSA) is 66.4 Å². The fourth-order valence-corrected chi connectivity index (χ4v) is 5.26. The Kier molecular flexibility index (Phi) is 4.20. The Balaban J connectivity index is 1.70. The molecule has 0 aromatic rings. The molecule has 4 saturated heterocycles. The van der Waals surface area contributed by atoms with Gasteiger partial charge in [0.1, 0.15) is 12.2 Å². The SMILES string of the molecule is C[C@@H]1CC[C@@H]2[C@]34OO[C@](C)(CC[C@@H]13)O[C@H]4OC(OCC(F)(F)F)[C@@]2(C)O. The second-order valence-corrected chi connectivity index (χ2v) is 8.48. The highest BCUT2D eigenvalue weighted by Crippen LogP contribution is 2.61. The Morgan fingerprint density at radius 2 is 1.88 bits per heavy atom. The summed E-state index contributed by atoms with van der Waals surface area (Å²) in [6, 6.07) is 0. The van der Waals surface area contributed by atoms with E-state index >= 15 is 0 Å². The molecule has 0 amide bonds. The van der Waals surface area contributed by atoms with Gasteiger partial charge in [-0.25, -0.2) is 9.78 Å². The highest BCUT2D eigenvalue weighted by Gasteiger charge is 2.73. The van der Waals surface area contributed by atoms with Crippen LogP contribution in [-0.2, 0) is 24.0 Å². The van der Waals surface area contributed by atoms with E-state index in [9.17, 15) is 18.3 Å². The van der Waals surface area contributed by atoms with Crippen LogP contribution in [0.15, 0.2) is 0 Å². The maximum Gasteiger partial charge on any atom is 0.411 e. The van der Waals surface area contributed by atoms with E-state index in [-0.39, 0.29) is 11.8 Å². The van der Waals surface area contributed by atoms with Gasteiger partial charge in [-0.1, -0.05) is 6.92 Å². The number of hydrogen-bond donors (Lipinski definition) is 1.